The quantitative estimate of drug-likeness (QED) is 0.820. The first-order valence-corrected chi connectivity index (χ1v) is 9.65. The smallest absolute Gasteiger partial charge is 0.244 e. The number of pyridine rings is 1. The molecule has 22 heavy (non-hydrogen) atoms. The first-order chi connectivity index (χ1) is 10.4. The van der Waals surface area contributed by atoms with E-state index in [0.29, 0.717) is 18.1 Å². The van der Waals surface area contributed by atoms with Gasteiger partial charge in [-0.25, -0.2) is 13.4 Å². The number of sulfonamides is 1. The molecular formula is C14H21N3O3S2. The molecule has 1 aromatic rings. The van der Waals surface area contributed by atoms with Crippen LogP contribution in [0.1, 0.15) is 32.6 Å². The minimum absolute atomic E-state index is 0.200. The fraction of sp³-hybridized carbons (Fsp3) is 0.571. The molecule has 122 valence electrons. The number of aromatic nitrogens is 1. The molecule has 1 saturated heterocycles. The average Bonchev–Trinajstić information content (AvgIpc) is 2.77. The summed E-state index contributed by atoms with van der Waals surface area (Å²) in [5.41, 5.74) is 5.21. The van der Waals surface area contributed by atoms with Gasteiger partial charge in [-0.2, -0.15) is 4.31 Å². The molecule has 0 bridgehead atoms. The number of hydrogen-bond donors (Lipinski definition) is 1. The largest absolute Gasteiger partial charge is 0.369 e. The molecule has 1 amide bonds. The van der Waals surface area contributed by atoms with Crippen molar-refractivity contribution in [3.05, 3.63) is 18.3 Å². The van der Waals surface area contributed by atoms with E-state index >= 15 is 0 Å². The van der Waals surface area contributed by atoms with Crippen molar-refractivity contribution in [3.8, 4) is 0 Å². The molecule has 0 radical (unpaired) electrons. The van der Waals surface area contributed by atoms with Crippen molar-refractivity contribution in [1.82, 2.24) is 9.29 Å². The normalized spacial score (nSPS) is 18.6. The van der Waals surface area contributed by atoms with E-state index in [0.717, 1.165) is 25.7 Å². The van der Waals surface area contributed by atoms with Crippen LogP contribution in [0.2, 0.25) is 0 Å². The lowest BCUT2D eigenvalue weighted by Gasteiger charge is -2.19. The second-order valence-corrected chi connectivity index (χ2v) is 8.61. The zero-order valence-electron chi connectivity index (χ0n) is 12.6. The van der Waals surface area contributed by atoms with Gasteiger partial charge in [0.25, 0.3) is 0 Å². The Labute approximate surface area is 135 Å². The van der Waals surface area contributed by atoms with Gasteiger partial charge in [0, 0.05) is 19.3 Å². The SMILES string of the molecule is C[C@H](Sc1ccc(S(=O)(=O)N2CCCCCC2)cn1)C(N)=O. The van der Waals surface area contributed by atoms with Crippen LogP contribution in [0.5, 0.6) is 0 Å². The summed E-state index contributed by atoms with van der Waals surface area (Å²) in [5.74, 6) is -0.423. The van der Waals surface area contributed by atoms with Gasteiger partial charge in [0.1, 0.15) is 4.90 Å². The molecular weight excluding hydrogens is 322 g/mol. The summed E-state index contributed by atoms with van der Waals surface area (Å²) in [5, 5.41) is 0.182. The lowest BCUT2D eigenvalue weighted by Crippen LogP contribution is -2.32. The van der Waals surface area contributed by atoms with Crippen LogP contribution in [0.15, 0.2) is 28.3 Å². The molecule has 1 aromatic heterocycles. The predicted molar refractivity (Wildman–Crippen MR) is 86.0 cm³/mol. The molecule has 2 rings (SSSR count). The van der Waals surface area contributed by atoms with Crippen molar-refractivity contribution in [1.29, 1.82) is 0 Å². The standard InChI is InChI=1S/C14H21N3O3S2/c1-11(14(15)18)21-13-7-6-12(10-16-13)22(19,20)17-8-4-2-3-5-9-17/h6-7,10-11H,2-5,8-9H2,1H3,(H2,15,18)/t11-/m0/s1. The van der Waals surface area contributed by atoms with Gasteiger partial charge in [-0.05, 0) is 31.9 Å². The Morgan fingerprint density at radius 1 is 1.27 bits per heavy atom. The Kier molecular flexibility index (Phi) is 5.82. The number of nitrogens with two attached hydrogens (primary N) is 1. The summed E-state index contributed by atoms with van der Waals surface area (Å²) < 4.78 is 26.7. The first kappa shape index (κ1) is 17.2. The summed E-state index contributed by atoms with van der Waals surface area (Å²) >= 11 is 1.22. The molecule has 6 nitrogen and oxygen atoms in total. The van der Waals surface area contributed by atoms with E-state index in [1.807, 2.05) is 0 Å². The van der Waals surface area contributed by atoms with Gasteiger partial charge in [-0.1, -0.05) is 24.6 Å². The van der Waals surface area contributed by atoms with Crippen LogP contribution in [0, 0.1) is 0 Å². The van der Waals surface area contributed by atoms with Crippen LogP contribution in [-0.4, -0.2) is 42.0 Å². The highest BCUT2D eigenvalue weighted by Crippen LogP contribution is 2.24. The topological polar surface area (TPSA) is 93.4 Å². The number of hydrogen-bond acceptors (Lipinski definition) is 5. The minimum atomic E-state index is -3.48. The molecule has 1 aliphatic heterocycles. The summed E-state index contributed by atoms with van der Waals surface area (Å²) in [6, 6.07) is 3.16. The van der Waals surface area contributed by atoms with Crippen LogP contribution in [-0.2, 0) is 14.8 Å². The van der Waals surface area contributed by atoms with E-state index in [-0.39, 0.29) is 4.90 Å². The van der Waals surface area contributed by atoms with Gasteiger partial charge in [-0.15, -0.1) is 0 Å². The molecule has 0 aliphatic carbocycles. The van der Waals surface area contributed by atoms with Gasteiger partial charge in [-0.3, -0.25) is 4.79 Å². The van der Waals surface area contributed by atoms with E-state index in [9.17, 15) is 13.2 Å². The minimum Gasteiger partial charge on any atom is -0.369 e. The molecule has 8 heteroatoms. The molecule has 0 saturated carbocycles. The van der Waals surface area contributed by atoms with Crippen LogP contribution in [0.4, 0.5) is 0 Å². The summed E-state index contributed by atoms with van der Waals surface area (Å²) in [7, 11) is -3.48. The number of carbonyl (C=O) groups is 1. The number of nitrogens with zero attached hydrogens (tertiary/aromatic N) is 2. The predicted octanol–water partition coefficient (Wildman–Crippen LogP) is 1.61. The van der Waals surface area contributed by atoms with Crippen LogP contribution < -0.4 is 5.73 Å². The third kappa shape index (κ3) is 4.21. The molecule has 0 spiro atoms. The zero-order valence-corrected chi connectivity index (χ0v) is 14.2. The maximum Gasteiger partial charge on any atom is 0.244 e. The second-order valence-electron chi connectivity index (χ2n) is 5.31. The van der Waals surface area contributed by atoms with E-state index < -0.39 is 21.2 Å². The second kappa shape index (κ2) is 7.43. The van der Waals surface area contributed by atoms with Crippen molar-refractivity contribution in [2.75, 3.05) is 13.1 Å². The van der Waals surface area contributed by atoms with Crippen LogP contribution in [0.3, 0.4) is 0 Å². The van der Waals surface area contributed by atoms with Crippen LogP contribution in [0.25, 0.3) is 0 Å². The van der Waals surface area contributed by atoms with E-state index in [1.54, 1.807) is 19.1 Å². The van der Waals surface area contributed by atoms with Crippen molar-refractivity contribution in [3.63, 3.8) is 0 Å². The highest BCUT2D eigenvalue weighted by atomic mass is 32.2. The Balaban J connectivity index is 2.13. The molecule has 1 aliphatic rings. The van der Waals surface area contributed by atoms with Crippen molar-refractivity contribution < 1.29 is 13.2 Å². The lowest BCUT2D eigenvalue weighted by atomic mass is 10.2. The average molecular weight is 343 g/mol. The number of primary amides is 1. The summed E-state index contributed by atoms with van der Waals surface area (Å²) in [6.45, 7) is 2.83. The van der Waals surface area contributed by atoms with Gasteiger partial charge in [0.15, 0.2) is 0 Å². The molecule has 1 atom stereocenters. The number of amides is 1. The van der Waals surface area contributed by atoms with Gasteiger partial charge in [0.05, 0.1) is 10.3 Å². The third-order valence-corrected chi connectivity index (χ3v) is 6.56. The number of thioether (sulfide) groups is 1. The molecule has 0 aromatic carbocycles. The van der Waals surface area contributed by atoms with Gasteiger partial charge < -0.3 is 5.73 Å². The molecule has 1 fully saturated rings. The number of rotatable bonds is 5. The fourth-order valence-electron chi connectivity index (χ4n) is 2.26. The van der Waals surface area contributed by atoms with Crippen LogP contribution >= 0.6 is 11.8 Å². The highest BCUT2D eigenvalue weighted by molar-refractivity contribution is 8.00. The van der Waals surface area contributed by atoms with Crippen molar-refractivity contribution in [2.24, 2.45) is 5.73 Å². The fourth-order valence-corrected chi connectivity index (χ4v) is 4.46. The summed E-state index contributed by atoms with van der Waals surface area (Å²) in [6.07, 6.45) is 5.30. The Morgan fingerprint density at radius 2 is 1.91 bits per heavy atom. The monoisotopic (exact) mass is 343 g/mol. The maximum absolute atomic E-state index is 12.6. The number of carbonyl (C=O) groups excluding carboxylic acids is 1. The van der Waals surface area contributed by atoms with Crippen molar-refractivity contribution >= 4 is 27.7 Å². The molecule has 2 heterocycles. The Bertz CT molecular complexity index is 609. The van der Waals surface area contributed by atoms with Gasteiger partial charge in [0.2, 0.25) is 15.9 Å². The van der Waals surface area contributed by atoms with Crippen molar-refractivity contribution in [2.45, 2.75) is 47.8 Å². The highest BCUT2D eigenvalue weighted by Gasteiger charge is 2.25. The maximum atomic E-state index is 12.6. The first-order valence-electron chi connectivity index (χ1n) is 7.33. The van der Waals surface area contributed by atoms with E-state index in [1.165, 1.54) is 22.3 Å². The van der Waals surface area contributed by atoms with E-state index in [4.69, 9.17) is 5.73 Å². The molecule has 0 unspecified atom stereocenters. The Morgan fingerprint density at radius 3 is 2.41 bits per heavy atom. The summed E-state index contributed by atoms with van der Waals surface area (Å²) in [4.78, 5) is 15.4. The third-order valence-electron chi connectivity index (χ3n) is 3.61. The zero-order chi connectivity index (χ0) is 16.2. The lowest BCUT2D eigenvalue weighted by molar-refractivity contribution is -0.117. The van der Waals surface area contributed by atoms with Gasteiger partial charge >= 0.3 is 0 Å². The Hall–Kier alpha value is -1.12. The molecule has 2 N–H and O–H groups in total. The van der Waals surface area contributed by atoms with E-state index in [2.05, 4.69) is 4.98 Å².